The van der Waals surface area contributed by atoms with Crippen molar-refractivity contribution in [3.05, 3.63) is 35.4 Å². The fraction of sp³-hybridized carbons (Fsp3) is 0.600. The number of rotatable bonds is 9. The average Bonchev–Trinajstić information content (AvgIpc) is 2.39. The second-order valence-corrected chi connectivity index (χ2v) is 4.50. The molecule has 0 spiro atoms. The number of hydrogen-bond donors (Lipinski definition) is 1. The molecule has 0 aliphatic carbocycles. The van der Waals surface area contributed by atoms with Crippen LogP contribution in [0.15, 0.2) is 24.3 Å². The van der Waals surface area contributed by atoms with Crippen LogP contribution in [0.3, 0.4) is 0 Å². The van der Waals surface area contributed by atoms with Crippen molar-refractivity contribution in [3.63, 3.8) is 0 Å². The highest BCUT2D eigenvalue weighted by Gasteiger charge is 2.06. The van der Waals surface area contributed by atoms with Gasteiger partial charge in [0.15, 0.2) is 0 Å². The molecule has 1 unspecified atom stereocenters. The summed E-state index contributed by atoms with van der Waals surface area (Å²) in [5.41, 5.74) is 8.73. The summed E-state index contributed by atoms with van der Waals surface area (Å²) in [4.78, 5) is 0. The largest absolute Gasteiger partial charge is 0.382 e. The Morgan fingerprint density at radius 3 is 2.78 bits per heavy atom. The standard InChI is InChI=1S/C15H25NO2/c1-3-5-13-6-4-7-14(12-13)15(16)8-9-18-11-10-17-2/h4,6-7,12,15H,3,5,8-11,16H2,1-2H3. The van der Waals surface area contributed by atoms with E-state index in [1.165, 1.54) is 17.5 Å². The fourth-order valence-corrected chi connectivity index (χ4v) is 1.89. The minimum Gasteiger partial charge on any atom is -0.382 e. The monoisotopic (exact) mass is 251 g/mol. The molecule has 0 fully saturated rings. The van der Waals surface area contributed by atoms with Gasteiger partial charge in [-0.25, -0.2) is 0 Å². The second-order valence-electron chi connectivity index (χ2n) is 4.50. The zero-order valence-corrected chi connectivity index (χ0v) is 11.5. The lowest BCUT2D eigenvalue weighted by atomic mass is 10.0. The van der Waals surface area contributed by atoms with E-state index in [9.17, 15) is 0 Å². The molecule has 0 saturated heterocycles. The van der Waals surface area contributed by atoms with Gasteiger partial charge < -0.3 is 15.2 Å². The molecule has 1 aromatic rings. The van der Waals surface area contributed by atoms with Crippen LogP contribution in [0.2, 0.25) is 0 Å². The molecule has 0 saturated carbocycles. The van der Waals surface area contributed by atoms with Crippen molar-refractivity contribution in [2.24, 2.45) is 5.73 Å². The molecule has 1 rings (SSSR count). The predicted octanol–water partition coefficient (Wildman–Crippen LogP) is 2.69. The number of ether oxygens (including phenoxy) is 2. The van der Waals surface area contributed by atoms with Crippen molar-refractivity contribution >= 4 is 0 Å². The quantitative estimate of drug-likeness (QED) is 0.686. The molecule has 0 amide bonds. The van der Waals surface area contributed by atoms with Crippen LogP contribution in [0, 0.1) is 0 Å². The van der Waals surface area contributed by atoms with Gasteiger partial charge in [0.1, 0.15) is 0 Å². The summed E-state index contributed by atoms with van der Waals surface area (Å²) in [7, 11) is 1.67. The highest BCUT2D eigenvalue weighted by molar-refractivity contribution is 5.25. The molecule has 0 aliphatic heterocycles. The third-order valence-electron chi connectivity index (χ3n) is 2.92. The number of nitrogens with two attached hydrogens (primary N) is 1. The van der Waals surface area contributed by atoms with Crippen molar-refractivity contribution in [3.8, 4) is 0 Å². The normalized spacial score (nSPS) is 12.6. The number of methoxy groups -OCH3 is 1. The minimum absolute atomic E-state index is 0.0596. The molecule has 1 aromatic carbocycles. The Bertz CT molecular complexity index is 328. The van der Waals surface area contributed by atoms with E-state index in [-0.39, 0.29) is 6.04 Å². The van der Waals surface area contributed by atoms with Crippen molar-refractivity contribution in [1.82, 2.24) is 0 Å². The number of aryl methyl sites for hydroxylation is 1. The summed E-state index contributed by atoms with van der Waals surface area (Å²) in [6.45, 7) is 4.15. The number of hydrogen-bond acceptors (Lipinski definition) is 3. The molecular formula is C15H25NO2. The Kier molecular flexibility index (Phi) is 7.65. The van der Waals surface area contributed by atoms with Crippen LogP contribution < -0.4 is 5.73 Å². The molecule has 0 bridgehead atoms. The van der Waals surface area contributed by atoms with Gasteiger partial charge >= 0.3 is 0 Å². The van der Waals surface area contributed by atoms with Gasteiger partial charge in [-0.15, -0.1) is 0 Å². The maximum absolute atomic E-state index is 6.16. The van der Waals surface area contributed by atoms with E-state index in [1.54, 1.807) is 7.11 Å². The van der Waals surface area contributed by atoms with Gasteiger partial charge in [0.25, 0.3) is 0 Å². The Balaban J connectivity index is 2.36. The first-order valence-electron chi connectivity index (χ1n) is 6.69. The molecule has 3 heteroatoms. The minimum atomic E-state index is 0.0596. The Morgan fingerprint density at radius 1 is 1.22 bits per heavy atom. The first-order valence-corrected chi connectivity index (χ1v) is 6.69. The third-order valence-corrected chi connectivity index (χ3v) is 2.92. The molecule has 18 heavy (non-hydrogen) atoms. The maximum atomic E-state index is 6.16. The lowest BCUT2D eigenvalue weighted by Gasteiger charge is -2.13. The van der Waals surface area contributed by atoms with E-state index in [2.05, 4.69) is 31.2 Å². The molecule has 0 aliphatic rings. The fourth-order valence-electron chi connectivity index (χ4n) is 1.89. The van der Waals surface area contributed by atoms with E-state index in [0.29, 0.717) is 19.8 Å². The first kappa shape index (κ1) is 15.2. The molecule has 2 N–H and O–H groups in total. The van der Waals surface area contributed by atoms with Crippen LogP contribution >= 0.6 is 0 Å². The summed E-state index contributed by atoms with van der Waals surface area (Å²) < 4.78 is 10.4. The maximum Gasteiger partial charge on any atom is 0.0700 e. The average molecular weight is 251 g/mol. The summed E-state index contributed by atoms with van der Waals surface area (Å²) in [6, 6.07) is 8.62. The van der Waals surface area contributed by atoms with Crippen molar-refractivity contribution in [2.45, 2.75) is 32.2 Å². The first-order chi connectivity index (χ1) is 8.77. The molecule has 3 nitrogen and oxygen atoms in total. The molecule has 0 aromatic heterocycles. The second kappa shape index (κ2) is 9.09. The third kappa shape index (κ3) is 5.63. The van der Waals surface area contributed by atoms with E-state index >= 15 is 0 Å². The van der Waals surface area contributed by atoms with Gasteiger partial charge in [-0.1, -0.05) is 37.6 Å². The van der Waals surface area contributed by atoms with Crippen LogP contribution in [0.25, 0.3) is 0 Å². The topological polar surface area (TPSA) is 44.5 Å². The molecule has 0 heterocycles. The zero-order valence-electron chi connectivity index (χ0n) is 11.5. The van der Waals surface area contributed by atoms with Crippen LogP contribution in [-0.4, -0.2) is 26.9 Å². The predicted molar refractivity (Wildman–Crippen MR) is 74.7 cm³/mol. The van der Waals surface area contributed by atoms with Crippen molar-refractivity contribution < 1.29 is 9.47 Å². The van der Waals surface area contributed by atoms with Gasteiger partial charge in [-0.2, -0.15) is 0 Å². The summed E-state index contributed by atoms with van der Waals surface area (Å²) in [6.07, 6.45) is 3.13. The van der Waals surface area contributed by atoms with E-state index in [0.717, 1.165) is 12.8 Å². The van der Waals surface area contributed by atoms with Gasteiger partial charge in [-0.3, -0.25) is 0 Å². The lowest BCUT2D eigenvalue weighted by Crippen LogP contribution is -2.14. The Labute approximate surface area is 110 Å². The summed E-state index contributed by atoms with van der Waals surface area (Å²) >= 11 is 0. The van der Waals surface area contributed by atoms with Gasteiger partial charge in [0.2, 0.25) is 0 Å². The van der Waals surface area contributed by atoms with Gasteiger partial charge in [-0.05, 0) is 24.0 Å². The smallest absolute Gasteiger partial charge is 0.0700 e. The molecule has 0 radical (unpaired) electrons. The molecular weight excluding hydrogens is 226 g/mol. The van der Waals surface area contributed by atoms with Crippen LogP contribution in [0.5, 0.6) is 0 Å². The highest BCUT2D eigenvalue weighted by Crippen LogP contribution is 2.16. The van der Waals surface area contributed by atoms with Crippen LogP contribution in [0.4, 0.5) is 0 Å². The van der Waals surface area contributed by atoms with Crippen LogP contribution in [0.1, 0.15) is 36.9 Å². The Hall–Kier alpha value is -0.900. The van der Waals surface area contributed by atoms with Crippen LogP contribution in [-0.2, 0) is 15.9 Å². The summed E-state index contributed by atoms with van der Waals surface area (Å²) in [5.74, 6) is 0. The van der Waals surface area contributed by atoms with Gasteiger partial charge in [0.05, 0.1) is 13.2 Å². The zero-order chi connectivity index (χ0) is 13.2. The van der Waals surface area contributed by atoms with E-state index < -0.39 is 0 Å². The van der Waals surface area contributed by atoms with E-state index in [1.807, 2.05) is 0 Å². The van der Waals surface area contributed by atoms with Gasteiger partial charge in [0, 0.05) is 19.8 Å². The lowest BCUT2D eigenvalue weighted by molar-refractivity contribution is 0.0672. The molecule has 1 atom stereocenters. The Morgan fingerprint density at radius 2 is 2.06 bits per heavy atom. The highest BCUT2D eigenvalue weighted by atomic mass is 16.5. The molecule has 102 valence electrons. The summed E-state index contributed by atoms with van der Waals surface area (Å²) in [5, 5.41) is 0. The van der Waals surface area contributed by atoms with E-state index in [4.69, 9.17) is 15.2 Å². The SMILES string of the molecule is CCCc1cccc(C(N)CCOCCOC)c1. The van der Waals surface area contributed by atoms with Crippen molar-refractivity contribution in [2.75, 3.05) is 26.9 Å². The number of benzene rings is 1. The van der Waals surface area contributed by atoms with Crippen molar-refractivity contribution in [1.29, 1.82) is 0 Å².